The molecule has 1 aromatic carbocycles. The van der Waals surface area contributed by atoms with Crippen molar-refractivity contribution in [2.45, 2.75) is 0 Å². The minimum atomic E-state index is -0.813. The summed E-state index contributed by atoms with van der Waals surface area (Å²) in [5, 5.41) is 26.1. The van der Waals surface area contributed by atoms with Crippen molar-refractivity contribution in [1.29, 1.82) is 0 Å². The molecule has 10 heteroatoms. The van der Waals surface area contributed by atoms with Crippen molar-refractivity contribution in [3.05, 3.63) is 54.8 Å². The van der Waals surface area contributed by atoms with E-state index in [2.05, 4.69) is 5.32 Å². The van der Waals surface area contributed by atoms with E-state index in [0.717, 1.165) is 19.2 Å². The molecule has 0 saturated carbocycles. The van der Waals surface area contributed by atoms with Crippen LogP contribution in [0.3, 0.4) is 0 Å². The first-order chi connectivity index (χ1) is 10.4. The number of hydrogen-bond donors (Lipinski definition) is 1. The minimum absolute atomic E-state index is 0.0578. The topological polar surface area (TPSA) is 125 Å². The molecule has 1 amide bonds. The molecule has 0 bridgehead atoms. The number of carbonyl (C=O) groups is 1. The summed E-state index contributed by atoms with van der Waals surface area (Å²) >= 11 is 1.17. The third-order valence-electron chi connectivity index (χ3n) is 2.65. The van der Waals surface area contributed by atoms with E-state index >= 15 is 0 Å². The van der Waals surface area contributed by atoms with E-state index in [-0.39, 0.29) is 5.69 Å². The van der Waals surface area contributed by atoms with E-state index in [1.54, 1.807) is 17.5 Å². The fraction of sp³-hybridized carbons (Fsp3) is 0.0833. The lowest BCUT2D eigenvalue weighted by Crippen LogP contribution is -2.11. The van der Waals surface area contributed by atoms with Gasteiger partial charge < -0.3 is 10.1 Å². The van der Waals surface area contributed by atoms with E-state index < -0.39 is 32.9 Å². The molecule has 1 aromatic heterocycles. The molecule has 9 nitrogen and oxygen atoms in total. The molecular weight excluding hydrogens is 314 g/mol. The number of carbonyl (C=O) groups excluding carboxylic acids is 1. The number of nitro benzene ring substituents is 2. The molecular formula is C12H9N3O6S. The van der Waals surface area contributed by atoms with E-state index in [0.29, 0.717) is 4.88 Å². The highest BCUT2D eigenvalue weighted by atomic mass is 32.1. The van der Waals surface area contributed by atoms with Gasteiger partial charge in [-0.3, -0.25) is 25.0 Å². The quantitative estimate of drug-likeness (QED) is 0.666. The number of thiophene rings is 1. The Morgan fingerprint density at radius 3 is 2.23 bits per heavy atom. The Labute approximate surface area is 127 Å². The molecule has 0 radical (unpaired) electrons. The summed E-state index contributed by atoms with van der Waals surface area (Å²) < 4.78 is 4.74. The number of hydrogen-bond acceptors (Lipinski definition) is 7. The molecule has 0 aliphatic rings. The van der Waals surface area contributed by atoms with Crippen molar-refractivity contribution in [2.24, 2.45) is 0 Å². The first-order valence-electron chi connectivity index (χ1n) is 5.79. The third kappa shape index (κ3) is 3.01. The number of methoxy groups -OCH3 is 1. The van der Waals surface area contributed by atoms with Gasteiger partial charge in [0, 0.05) is 12.1 Å². The summed E-state index contributed by atoms with van der Waals surface area (Å²) in [6.45, 7) is 0. The van der Waals surface area contributed by atoms with Crippen LogP contribution in [0.5, 0.6) is 5.75 Å². The zero-order valence-corrected chi connectivity index (χ0v) is 12.0. The van der Waals surface area contributed by atoms with Crippen LogP contribution in [-0.2, 0) is 0 Å². The summed E-state index contributed by atoms with van der Waals surface area (Å²) in [6, 6.07) is 5.25. The zero-order chi connectivity index (χ0) is 16.3. The molecule has 0 spiro atoms. The van der Waals surface area contributed by atoms with Crippen molar-refractivity contribution < 1.29 is 19.4 Å². The van der Waals surface area contributed by atoms with Gasteiger partial charge in [-0.25, -0.2) is 0 Å². The maximum Gasteiger partial charge on any atom is 0.320 e. The molecule has 0 saturated heterocycles. The molecule has 0 unspecified atom stereocenters. The number of nitrogens with one attached hydrogen (secondary N) is 1. The van der Waals surface area contributed by atoms with Crippen LogP contribution >= 0.6 is 11.3 Å². The van der Waals surface area contributed by atoms with Gasteiger partial charge in [0.1, 0.15) is 0 Å². The predicted octanol–water partition coefficient (Wildman–Crippen LogP) is 2.83. The van der Waals surface area contributed by atoms with Crippen LogP contribution in [0.2, 0.25) is 0 Å². The molecule has 22 heavy (non-hydrogen) atoms. The Balaban J connectivity index is 2.46. The highest BCUT2D eigenvalue weighted by molar-refractivity contribution is 7.12. The Morgan fingerprint density at radius 1 is 1.23 bits per heavy atom. The lowest BCUT2D eigenvalue weighted by molar-refractivity contribution is -0.395. The first kappa shape index (κ1) is 15.4. The van der Waals surface area contributed by atoms with Gasteiger partial charge in [0.15, 0.2) is 0 Å². The standard InChI is InChI=1S/C12H9N3O6S/c1-21-11-8(14(17)18)5-7(6-9(11)15(19)20)13-12(16)10-3-2-4-22-10/h2-6H,1H3,(H,13,16). The Bertz CT molecular complexity index is 708. The number of rotatable bonds is 5. The molecule has 2 rings (SSSR count). The van der Waals surface area contributed by atoms with Gasteiger partial charge >= 0.3 is 11.4 Å². The van der Waals surface area contributed by atoms with Gasteiger partial charge in [-0.2, -0.15) is 0 Å². The third-order valence-corrected chi connectivity index (χ3v) is 3.52. The molecule has 1 heterocycles. The van der Waals surface area contributed by atoms with E-state index in [1.807, 2.05) is 0 Å². The van der Waals surface area contributed by atoms with Crippen LogP contribution in [0, 0.1) is 20.2 Å². The largest absolute Gasteiger partial charge is 0.485 e. The van der Waals surface area contributed by atoms with Crippen molar-refractivity contribution in [3.8, 4) is 5.75 Å². The van der Waals surface area contributed by atoms with Gasteiger partial charge in [0.05, 0.1) is 27.5 Å². The van der Waals surface area contributed by atoms with Crippen molar-refractivity contribution in [2.75, 3.05) is 12.4 Å². The lowest BCUT2D eigenvalue weighted by Gasteiger charge is -2.07. The predicted molar refractivity (Wildman–Crippen MR) is 78.6 cm³/mol. The van der Waals surface area contributed by atoms with Crippen LogP contribution in [0.15, 0.2) is 29.6 Å². The smallest absolute Gasteiger partial charge is 0.320 e. The second kappa shape index (κ2) is 6.18. The summed E-state index contributed by atoms with van der Waals surface area (Å²) in [6.07, 6.45) is 0. The summed E-state index contributed by atoms with van der Waals surface area (Å²) in [5.74, 6) is -0.979. The number of anilines is 1. The second-order valence-electron chi connectivity index (χ2n) is 3.99. The number of benzene rings is 1. The number of ether oxygens (including phenoxy) is 1. The second-order valence-corrected chi connectivity index (χ2v) is 4.94. The van der Waals surface area contributed by atoms with Gasteiger partial charge in [-0.1, -0.05) is 6.07 Å². The summed E-state index contributed by atoms with van der Waals surface area (Å²) in [5.41, 5.74) is -1.26. The van der Waals surface area contributed by atoms with Gasteiger partial charge in [0.2, 0.25) is 0 Å². The fourth-order valence-corrected chi connectivity index (χ4v) is 2.37. The van der Waals surface area contributed by atoms with Crippen molar-refractivity contribution in [1.82, 2.24) is 0 Å². The lowest BCUT2D eigenvalue weighted by atomic mass is 10.2. The van der Waals surface area contributed by atoms with Crippen LogP contribution in [0.4, 0.5) is 17.1 Å². The van der Waals surface area contributed by atoms with Crippen LogP contribution in [0.25, 0.3) is 0 Å². The Kier molecular flexibility index (Phi) is 4.32. The Hall–Kier alpha value is -3.01. The molecule has 0 aliphatic carbocycles. The average molecular weight is 323 g/mol. The van der Waals surface area contributed by atoms with Crippen LogP contribution in [0.1, 0.15) is 9.67 Å². The molecule has 0 fully saturated rings. The maximum absolute atomic E-state index is 11.9. The monoisotopic (exact) mass is 323 g/mol. The number of amides is 1. The highest BCUT2D eigenvalue weighted by Crippen LogP contribution is 2.39. The normalized spacial score (nSPS) is 10.0. The minimum Gasteiger partial charge on any atom is -0.485 e. The van der Waals surface area contributed by atoms with Crippen LogP contribution < -0.4 is 10.1 Å². The first-order valence-corrected chi connectivity index (χ1v) is 6.67. The zero-order valence-electron chi connectivity index (χ0n) is 11.1. The van der Waals surface area contributed by atoms with Gasteiger partial charge in [-0.15, -0.1) is 11.3 Å². The molecule has 114 valence electrons. The van der Waals surface area contributed by atoms with E-state index in [1.165, 1.54) is 11.3 Å². The van der Waals surface area contributed by atoms with Crippen molar-refractivity contribution in [3.63, 3.8) is 0 Å². The van der Waals surface area contributed by atoms with Crippen molar-refractivity contribution >= 4 is 34.3 Å². The SMILES string of the molecule is COc1c([N+](=O)[O-])cc(NC(=O)c2cccs2)cc1[N+](=O)[O-]. The molecule has 1 N–H and O–H groups in total. The van der Waals surface area contributed by atoms with E-state index in [4.69, 9.17) is 4.74 Å². The molecule has 0 atom stereocenters. The maximum atomic E-state index is 11.9. The fourth-order valence-electron chi connectivity index (χ4n) is 1.75. The van der Waals surface area contributed by atoms with Gasteiger partial charge in [-0.05, 0) is 11.4 Å². The Morgan fingerprint density at radius 2 is 1.82 bits per heavy atom. The molecule has 0 aliphatic heterocycles. The summed E-state index contributed by atoms with van der Waals surface area (Å²) in [7, 11) is 1.10. The number of nitrogens with zero attached hydrogens (tertiary/aromatic N) is 2. The van der Waals surface area contributed by atoms with Crippen LogP contribution in [-0.4, -0.2) is 22.9 Å². The van der Waals surface area contributed by atoms with E-state index in [9.17, 15) is 25.0 Å². The summed E-state index contributed by atoms with van der Waals surface area (Å²) in [4.78, 5) is 32.7. The number of nitro groups is 2. The average Bonchev–Trinajstić information content (AvgIpc) is 3.00. The molecule has 2 aromatic rings. The van der Waals surface area contributed by atoms with Gasteiger partial charge in [0.25, 0.3) is 11.7 Å². The highest BCUT2D eigenvalue weighted by Gasteiger charge is 2.28.